The second-order valence-corrected chi connectivity index (χ2v) is 5.33. The first-order valence-electron chi connectivity index (χ1n) is 4.95. The van der Waals surface area contributed by atoms with Crippen LogP contribution in [-0.4, -0.2) is 11.2 Å². The molecule has 0 heterocycles. The summed E-state index contributed by atoms with van der Waals surface area (Å²) in [6, 6.07) is 0. The summed E-state index contributed by atoms with van der Waals surface area (Å²) in [7, 11) is 0. The highest BCUT2D eigenvalue weighted by atomic mass is 16.3. The number of hydrogen-bond acceptors (Lipinski definition) is 1. The van der Waals surface area contributed by atoms with E-state index in [1.165, 1.54) is 12.8 Å². The molecule has 0 aromatic carbocycles. The molecule has 0 amide bonds. The quantitative estimate of drug-likeness (QED) is 0.597. The van der Waals surface area contributed by atoms with E-state index >= 15 is 0 Å². The minimum atomic E-state index is 0.109. The van der Waals surface area contributed by atoms with Gasteiger partial charge in [-0.1, -0.05) is 6.92 Å². The molecular formula is C10H14O. The Balaban J connectivity index is 1.68. The molecule has 5 saturated carbocycles. The number of rotatable bonds is 1. The summed E-state index contributed by atoms with van der Waals surface area (Å²) < 4.78 is 0. The number of aliphatic hydroxyl groups is 1. The van der Waals surface area contributed by atoms with Crippen LogP contribution in [0.3, 0.4) is 0 Å². The monoisotopic (exact) mass is 150 g/mol. The fourth-order valence-electron chi connectivity index (χ4n) is 4.42. The molecule has 0 aliphatic heterocycles. The molecule has 1 N–H and O–H groups in total. The van der Waals surface area contributed by atoms with Gasteiger partial charge < -0.3 is 5.11 Å². The molecule has 0 aromatic heterocycles. The highest BCUT2D eigenvalue weighted by Gasteiger charge is 2.92. The Morgan fingerprint density at radius 2 is 2.00 bits per heavy atom. The fourth-order valence-corrected chi connectivity index (χ4v) is 4.42. The van der Waals surface area contributed by atoms with Gasteiger partial charge in [-0.2, -0.15) is 0 Å². The fraction of sp³-hybridized carbons (Fsp3) is 1.00. The number of aliphatic hydroxyl groups excluding tert-OH is 1. The molecule has 5 aliphatic carbocycles. The van der Waals surface area contributed by atoms with Gasteiger partial charge >= 0.3 is 0 Å². The average molecular weight is 150 g/mol. The van der Waals surface area contributed by atoms with E-state index in [0.717, 1.165) is 35.0 Å². The molecule has 5 fully saturated rings. The van der Waals surface area contributed by atoms with Crippen LogP contribution < -0.4 is 0 Å². The van der Waals surface area contributed by atoms with Crippen molar-refractivity contribution in [1.82, 2.24) is 0 Å². The molecule has 2 bridgehead atoms. The van der Waals surface area contributed by atoms with Crippen LogP contribution in [0.2, 0.25) is 0 Å². The largest absolute Gasteiger partial charge is 0.393 e. The molecule has 5 rings (SSSR count). The van der Waals surface area contributed by atoms with E-state index in [9.17, 15) is 5.11 Å². The van der Waals surface area contributed by atoms with Gasteiger partial charge in [-0.15, -0.1) is 0 Å². The van der Waals surface area contributed by atoms with Crippen LogP contribution in [0.5, 0.6) is 0 Å². The molecule has 60 valence electrons. The Kier molecular flexibility index (Phi) is 0.602. The molecule has 11 heavy (non-hydrogen) atoms. The van der Waals surface area contributed by atoms with Crippen molar-refractivity contribution in [1.29, 1.82) is 0 Å². The third-order valence-electron chi connectivity index (χ3n) is 5.01. The van der Waals surface area contributed by atoms with Crippen LogP contribution in [0.25, 0.3) is 0 Å². The lowest BCUT2D eigenvalue weighted by Gasteiger charge is -2.13. The topological polar surface area (TPSA) is 20.2 Å². The van der Waals surface area contributed by atoms with E-state index in [0.29, 0.717) is 0 Å². The van der Waals surface area contributed by atoms with Crippen LogP contribution in [0, 0.1) is 35.0 Å². The molecular weight excluding hydrogens is 136 g/mol. The highest BCUT2D eigenvalue weighted by molar-refractivity contribution is 5.39. The van der Waals surface area contributed by atoms with Crippen LogP contribution in [0.1, 0.15) is 19.8 Å². The highest BCUT2D eigenvalue weighted by Crippen LogP contribution is 2.94. The molecule has 1 heteroatoms. The zero-order chi connectivity index (χ0) is 7.38. The van der Waals surface area contributed by atoms with Gasteiger partial charge in [0.15, 0.2) is 0 Å². The normalized spacial score (nSPS) is 81.3. The Labute approximate surface area is 66.8 Å². The predicted octanol–water partition coefficient (Wildman–Crippen LogP) is 1.27. The first-order chi connectivity index (χ1) is 5.27. The summed E-state index contributed by atoms with van der Waals surface area (Å²) >= 11 is 0. The maximum atomic E-state index is 9.59. The molecule has 0 spiro atoms. The van der Waals surface area contributed by atoms with E-state index in [4.69, 9.17) is 0 Å². The van der Waals surface area contributed by atoms with E-state index in [1.54, 1.807) is 0 Å². The zero-order valence-corrected chi connectivity index (χ0v) is 6.83. The average Bonchev–Trinajstić information content (AvgIpc) is 2.81. The molecule has 5 atom stereocenters. The smallest absolute Gasteiger partial charge is 0.0579 e. The third-order valence-corrected chi connectivity index (χ3v) is 5.01. The summed E-state index contributed by atoms with van der Waals surface area (Å²) in [5.74, 6) is 4.82. The first kappa shape index (κ1) is 5.58. The number of fused-ring (bicyclic) bond motifs is 1. The predicted molar refractivity (Wildman–Crippen MR) is 40.8 cm³/mol. The van der Waals surface area contributed by atoms with Crippen molar-refractivity contribution < 1.29 is 5.11 Å². The van der Waals surface area contributed by atoms with Gasteiger partial charge in [0, 0.05) is 0 Å². The summed E-state index contributed by atoms with van der Waals surface area (Å²) in [6.45, 7) is 2.37. The van der Waals surface area contributed by atoms with Gasteiger partial charge in [0.1, 0.15) is 0 Å². The lowest BCUT2D eigenvalue weighted by molar-refractivity contribution is 0.168. The van der Waals surface area contributed by atoms with Crippen molar-refractivity contribution in [2.75, 3.05) is 0 Å². The Hall–Kier alpha value is -0.0400. The first-order valence-corrected chi connectivity index (χ1v) is 4.95. The van der Waals surface area contributed by atoms with Crippen molar-refractivity contribution in [3.8, 4) is 0 Å². The van der Waals surface area contributed by atoms with Crippen molar-refractivity contribution in [2.45, 2.75) is 25.9 Å². The summed E-state index contributed by atoms with van der Waals surface area (Å²) in [5, 5.41) is 9.59. The van der Waals surface area contributed by atoms with Gasteiger partial charge in [0.2, 0.25) is 0 Å². The van der Waals surface area contributed by atoms with Gasteiger partial charge in [-0.25, -0.2) is 0 Å². The number of hydrogen-bond donors (Lipinski definition) is 1. The zero-order valence-electron chi connectivity index (χ0n) is 6.83. The minimum absolute atomic E-state index is 0.109. The lowest BCUT2D eigenvalue weighted by Crippen LogP contribution is -2.10. The standard InChI is InChI=1S/C10H14O/c1-4-2-5(4)10-3-6(11)7-8(10)9(7)10/h4-9,11H,2-3H2,1H3. The van der Waals surface area contributed by atoms with Crippen LogP contribution in [0.4, 0.5) is 0 Å². The van der Waals surface area contributed by atoms with Crippen molar-refractivity contribution in [3.63, 3.8) is 0 Å². The van der Waals surface area contributed by atoms with Crippen molar-refractivity contribution >= 4 is 0 Å². The second kappa shape index (κ2) is 1.19. The van der Waals surface area contributed by atoms with E-state index < -0.39 is 0 Å². The molecule has 1 nitrogen and oxygen atoms in total. The van der Waals surface area contributed by atoms with Crippen molar-refractivity contribution in [2.24, 2.45) is 35.0 Å². The maximum absolute atomic E-state index is 9.59. The SMILES string of the molecule is CC1CC1C12CC(O)C3C1C32. The van der Waals surface area contributed by atoms with Crippen LogP contribution in [-0.2, 0) is 0 Å². The third kappa shape index (κ3) is 0.376. The summed E-state index contributed by atoms with van der Waals surface area (Å²) in [6.07, 6.45) is 2.74. The lowest BCUT2D eigenvalue weighted by atomic mass is 9.90. The van der Waals surface area contributed by atoms with Crippen LogP contribution >= 0.6 is 0 Å². The van der Waals surface area contributed by atoms with Crippen LogP contribution in [0.15, 0.2) is 0 Å². The summed E-state index contributed by atoms with van der Waals surface area (Å²) in [4.78, 5) is 0. The Morgan fingerprint density at radius 1 is 1.36 bits per heavy atom. The van der Waals surface area contributed by atoms with E-state index in [2.05, 4.69) is 6.92 Å². The second-order valence-electron chi connectivity index (χ2n) is 5.33. The van der Waals surface area contributed by atoms with Gasteiger partial charge in [-0.3, -0.25) is 0 Å². The van der Waals surface area contributed by atoms with Crippen molar-refractivity contribution in [3.05, 3.63) is 0 Å². The Morgan fingerprint density at radius 3 is 2.36 bits per heavy atom. The molecule has 0 saturated heterocycles. The van der Waals surface area contributed by atoms with Gasteiger partial charge in [-0.05, 0) is 47.8 Å². The molecule has 0 aromatic rings. The molecule has 5 aliphatic rings. The van der Waals surface area contributed by atoms with E-state index in [1.807, 2.05) is 0 Å². The van der Waals surface area contributed by atoms with Gasteiger partial charge in [0.05, 0.1) is 6.10 Å². The minimum Gasteiger partial charge on any atom is -0.393 e. The van der Waals surface area contributed by atoms with Gasteiger partial charge in [0.25, 0.3) is 0 Å². The molecule has 0 radical (unpaired) electrons. The molecule has 5 unspecified atom stereocenters. The Bertz CT molecular complexity index is 237. The summed E-state index contributed by atoms with van der Waals surface area (Å²) in [5.41, 5.74) is 0.726. The van der Waals surface area contributed by atoms with E-state index in [-0.39, 0.29) is 6.10 Å². The maximum Gasteiger partial charge on any atom is 0.0579 e.